The summed E-state index contributed by atoms with van der Waals surface area (Å²) in [7, 11) is 0. The third-order valence-corrected chi connectivity index (χ3v) is 4.81. The molecule has 2 heterocycles. The zero-order chi connectivity index (χ0) is 19.9. The number of nitrogens with one attached hydrogen (secondary N) is 2. The van der Waals surface area contributed by atoms with Gasteiger partial charge in [-0.2, -0.15) is 20.1 Å². The Bertz CT molecular complexity index is 951. The molecule has 148 valence electrons. The van der Waals surface area contributed by atoms with Crippen LogP contribution >= 0.6 is 0 Å². The minimum atomic E-state index is 0.425. The molecule has 0 spiro atoms. The summed E-state index contributed by atoms with van der Waals surface area (Å²) in [6.45, 7) is 3.87. The third kappa shape index (κ3) is 5.07. The molecule has 29 heavy (non-hydrogen) atoms. The van der Waals surface area contributed by atoms with Gasteiger partial charge in [-0.1, -0.05) is 48.5 Å². The van der Waals surface area contributed by atoms with Crippen molar-refractivity contribution in [3.8, 4) is 0 Å². The highest BCUT2D eigenvalue weighted by molar-refractivity contribution is 5.98. The summed E-state index contributed by atoms with van der Waals surface area (Å²) in [5.74, 6) is 1.60. The Labute approximate surface area is 170 Å². The average Bonchev–Trinajstić information content (AvgIpc) is 2.79. The summed E-state index contributed by atoms with van der Waals surface area (Å²) in [4.78, 5) is 16.0. The normalized spacial score (nSPS) is 14.5. The molecule has 0 bridgehead atoms. The number of piperidine rings is 1. The second-order valence-electron chi connectivity index (χ2n) is 7.00. The molecule has 1 aliphatic heterocycles. The second kappa shape index (κ2) is 9.14. The molecular formula is C22H25N7. The number of nitrogens with zero attached hydrogens (tertiary/aromatic N) is 5. The van der Waals surface area contributed by atoms with Crippen molar-refractivity contribution in [2.75, 3.05) is 28.7 Å². The lowest BCUT2D eigenvalue weighted by molar-refractivity contribution is 0.568. The highest BCUT2D eigenvalue weighted by atomic mass is 15.4. The van der Waals surface area contributed by atoms with E-state index in [2.05, 4.69) is 35.7 Å². The van der Waals surface area contributed by atoms with E-state index in [9.17, 15) is 0 Å². The van der Waals surface area contributed by atoms with Gasteiger partial charge < -0.3 is 10.2 Å². The van der Waals surface area contributed by atoms with Gasteiger partial charge in [0.15, 0.2) is 0 Å². The predicted octanol–water partition coefficient (Wildman–Crippen LogP) is 4.44. The van der Waals surface area contributed by atoms with Crippen LogP contribution < -0.4 is 15.6 Å². The molecule has 0 saturated carbocycles. The average molecular weight is 387 g/mol. The fourth-order valence-corrected chi connectivity index (χ4v) is 3.23. The Kier molecular flexibility index (Phi) is 5.95. The van der Waals surface area contributed by atoms with Crippen LogP contribution in [-0.4, -0.2) is 33.8 Å². The quantitative estimate of drug-likeness (QED) is 0.481. The zero-order valence-corrected chi connectivity index (χ0v) is 16.5. The van der Waals surface area contributed by atoms with Gasteiger partial charge in [-0.05, 0) is 43.9 Å². The van der Waals surface area contributed by atoms with Crippen LogP contribution in [0.1, 0.15) is 31.7 Å². The van der Waals surface area contributed by atoms with Gasteiger partial charge in [0.25, 0.3) is 0 Å². The Hall–Kier alpha value is -3.48. The molecule has 1 fully saturated rings. The van der Waals surface area contributed by atoms with Gasteiger partial charge in [0.1, 0.15) is 0 Å². The summed E-state index contributed by atoms with van der Waals surface area (Å²) in [5, 5.41) is 7.73. The molecule has 1 saturated heterocycles. The Morgan fingerprint density at radius 2 is 1.48 bits per heavy atom. The van der Waals surface area contributed by atoms with Gasteiger partial charge in [-0.3, -0.25) is 0 Å². The van der Waals surface area contributed by atoms with E-state index in [1.165, 1.54) is 6.42 Å². The highest BCUT2D eigenvalue weighted by Crippen LogP contribution is 2.20. The van der Waals surface area contributed by atoms with Crippen molar-refractivity contribution in [2.45, 2.75) is 26.2 Å². The van der Waals surface area contributed by atoms with Gasteiger partial charge in [0, 0.05) is 18.8 Å². The molecular weight excluding hydrogens is 362 g/mol. The van der Waals surface area contributed by atoms with Gasteiger partial charge in [0.05, 0.1) is 5.71 Å². The zero-order valence-electron chi connectivity index (χ0n) is 16.5. The first-order chi connectivity index (χ1) is 14.3. The van der Waals surface area contributed by atoms with Crippen LogP contribution in [0.25, 0.3) is 0 Å². The SMILES string of the molecule is C/C(=N/Nc1nc(Nc2ccccc2)nc(N2CCCCC2)n1)c1ccccc1. The highest BCUT2D eigenvalue weighted by Gasteiger charge is 2.16. The molecule has 3 aromatic rings. The van der Waals surface area contributed by atoms with E-state index in [1.807, 2.05) is 67.6 Å². The molecule has 2 aromatic carbocycles. The monoisotopic (exact) mass is 387 g/mol. The van der Waals surface area contributed by atoms with E-state index in [0.29, 0.717) is 17.8 Å². The van der Waals surface area contributed by atoms with Crippen LogP contribution in [0, 0.1) is 0 Å². The Morgan fingerprint density at radius 1 is 0.828 bits per heavy atom. The van der Waals surface area contributed by atoms with Gasteiger partial charge in [0.2, 0.25) is 17.8 Å². The lowest BCUT2D eigenvalue weighted by Crippen LogP contribution is -2.31. The van der Waals surface area contributed by atoms with Crippen LogP contribution in [-0.2, 0) is 0 Å². The van der Waals surface area contributed by atoms with Gasteiger partial charge in [-0.15, -0.1) is 0 Å². The first-order valence-electron chi connectivity index (χ1n) is 9.97. The van der Waals surface area contributed by atoms with Gasteiger partial charge in [-0.25, -0.2) is 5.43 Å². The molecule has 7 heteroatoms. The number of para-hydroxylation sites is 1. The van der Waals surface area contributed by atoms with Crippen LogP contribution in [0.5, 0.6) is 0 Å². The second-order valence-corrected chi connectivity index (χ2v) is 7.00. The topological polar surface area (TPSA) is 78.3 Å². The molecule has 1 aromatic heterocycles. The van der Waals surface area contributed by atoms with Gasteiger partial charge >= 0.3 is 0 Å². The number of hydrogen-bond acceptors (Lipinski definition) is 7. The fourth-order valence-electron chi connectivity index (χ4n) is 3.23. The number of rotatable bonds is 6. The molecule has 2 N–H and O–H groups in total. The molecule has 0 amide bonds. The molecule has 1 aliphatic rings. The molecule has 0 atom stereocenters. The number of benzene rings is 2. The van der Waals surface area contributed by atoms with E-state index in [-0.39, 0.29) is 0 Å². The minimum absolute atomic E-state index is 0.425. The first-order valence-corrected chi connectivity index (χ1v) is 9.97. The maximum absolute atomic E-state index is 4.64. The lowest BCUT2D eigenvalue weighted by Gasteiger charge is -2.26. The lowest BCUT2D eigenvalue weighted by atomic mass is 10.1. The van der Waals surface area contributed by atoms with E-state index in [1.54, 1.807) is 0 Å². The fraction of sp³-hybridized carbons (Fsp3) is 0.273. The minimum Gasteiger partial charge on any atom is -0.341 e. The van der Waals surface area contributed by atoms with Crippen molar-refractivity contribution in [3.05, 3.63) is 66.2 Å². The van der Waals surface area contributed by atoms with E-state index >= 15 is 0 Å². The number of hydrazone groups is 1. The van der Waals surface area contributed by atoms with E-state index in [4.69, 9.17) is 0 Å². The molecule has 0 aliphatic carbocycles. The summed E-state index contributed by atoms with van der Waals surface area (Å²) >= 11 is 0. The summed E-state index contributed by atoms with van der Waals surface area (Å²) in [5.41, 5.74) is 5.85. The van der Waals surface area contributed by atoms with Crippen molar-refractivity contribution in [3.63, 3.8) is 0 Å². The van der Waals surface area contributed by atoms with Crippen molar-refractivity contribution in [1.82, 2.24) is 15.0 Å². The van der Waals surface area contributed by atoms with E-state index < -0.39 is 0 Å². The standard InChI is InChI=1S/C22H25N7/c1-17(18-11-5-2-6-12-18)27-28-21-24-20(23-19-13-7-3-8-14-19)25-22(26-21)29-15-9-4-10-16-29/h2-3,5-8,11-14H,4,9-10,15-16H2,1H3,(H2,23,24,25,26,28)/b27-17-. The Balaban J connectivity index is 1.60. The number of anilines is 4. The predicted molar refractivity (Wildman–Crippen MR) is 118 cm³/mol. The van der Waals surface area contributed by atoms with Crippen LogP contribution in [0.4, 0.5) is 23.5 Å². The number of hydrogen-bond donors (Lipinski definition) is 2. The van der Waals surface area contributed by atoms with E-state index in [0.717, 1.165) is 42.9 Å². The summed E-state index contributed by atoms with van der Waals surface area (Å²) in [6.07, 6.45) is 3.56. The van der Waals surface area contributed by atoms with Crippen LogP contribution in [0.15, 0.2) is 65.8 Å². The molecule has 4 rings (SSSR count). The molecule has 0 unspecified atom stereocenters. The Morgan fingerprint density at radius 3 is 2.21 bits per heavy atom. The summed E-state index contributed by atoms with van der Waals surface area (Å²) < 4.78 is 0. The van der Waals surface area contributed by atoms with Crippen molar-refractivity contribution in [1.29, 1.82) is 0 Å². The smallest absolute Gasteiger partial charge is 0.250 e. The van der Waals surface area contributed by atoms with Crippen molar-refractivity contribution in [2.24, 2.45) is 5.10 Å². The maximum Gasteiger partial charge on any atom is 0.250 e. The van der Waals surface area contributed by atoms with Crippen LogP contribution in [0.3, 0.4) is 0 Å². The van der Waals surface area contributed by atoms with Crippen LogP contribution in [0.2, 0.25) is 0 Å². The first kappa shape index (κ1) is 18.9. The largest absolute Gasteiger partial charge is 0.341 e. The maximum atomic E-state index is 4.64. The molecule has 7 nitrogen and oxygen atoms in total. The summed E-state index contributed by atoms with van der Waals surface area (Å²) in [6, 6.07) is 19.9. The number of aromatic nitrogens is 3. The van der Waals surface area contributed by atoms with Crippen molar-refractivity contribution >= 4 is 29.2 Å². The van der Waals surface area contributed by atoms with Crippen molar-refractivity contribution < 1.29 is 0 Å². The third-order valence-electron chi connectivity index (χ3n) is 4.81. The molecule has 0 radical (unpaired) electrons.